The van der Waals surface area contributed by atoms with Crippen molar-refractivity contribution >= 4 is 16.7 Å². The van der Waals surface area contributed by atoms with Crippen LogP contribution in [-0.2, 0) is 4.74 Å². The minimum absolute atomic E-state index is 0.136. The van der Waals surface area contributed by atoms with Gasteiger partial charge in [-0.25, -0.2) is 9.97 Å². The largest absolute Gasteiger partial charge is 0.493 e. The van der Waals surface area contributed by atoms with E-state index in [1.807, 2.05) is 6.07 Å². The van der Waals surface area contributed by atoms with E-state index < -0.39 is 0 Å². The van der Waals surface area contributed by atoms with Crippen molar-refractivity contribution in [2.24, 2.45) is 0 Å². The average molecular weight is 437 g/mol. The van der Waals surface area contributed by atoms with Crippen molar-refractivity contribution in [1.29, 1.82) is 0 Å². The molecule has 7 heteroatoms. The number of ether oxygens (including phenoxy) is 3. The van der Waals surface area contributed by atoms with E-state index in [2.05, 4.69) is 64.4 Å². The second-order valence-electron chi connectivity index (χ2n) is 8.31. The Morgan fingerprint density at radius 3 is 2.44 bits per heavy atom. The summed E-state index contributed by atoms with van der Waals surface area (Å²) in [6.07, 6.45) is 1.62. The molecule has 1 aliphatic heterocycles. The van der Waals surface area contributed by atoms with Gasteiger partial charge in [0.2, 0.25) is 0 Å². The second kappa shape index (κ2) is 10.1. The summed E-state index contributed by atoms with van der Waals surface area (Å²) in [5.41, 5.74) is 3.39. The standard InChI is InChI=1S/C25H32N4O3/c1-17(2)18-5-7-21-20(13-18)25(28-16-27-21)26-15-22(29-9-11-32-12-10-29)19-6-8-23(30-3)24(14-19)31-4/h5-8,13-14,16-17,22H,9-12,15H2,1-4H3,(H,26,27,28). The van der Waals surface area contributed by atoms with Crippen LogP contribution in [0.15, 0.2) is 42.7 Å². The maximum atomic E-state index is 5.60. The summed E-state index contributed by atoms with van der Waals surface area (Å²) >= 11 is 0. The fourth-order valence-electron chi connectivity index (χ4n) is 4.17. The number of hydrogen-bond donors (Lipinski definition) is 1. The predicted molar refractivity (Wildman–Crippen MR) is 127 cm³/mol. The molecule has 1 saturated heterocycles. The van der Waals surface area contributed by atoms with Crippen LogP contribution < -0.4 is 14.8 Å². The third-order valence-corrected chi connectivity index (χ3v) is 6.07. The summed E-state index contributed by atoms with van der Waals surface area (Å²) in [7, 11) is 3.33. The van der Waals surface area contributed by atoms with E-state index in [1.54, 1.807) is 20.5 Å². The third kappa shape index (κ3) is 4.79. The second-order valence-corrected chi connectivity index (χ2v) is 8.31. The van der Waals surface area contributed by atoms with Crippen molar-refractivity contribution in [3.05, 3.63) is 53.9 Å². The summed E-state index contributed by atoms with van der Waals surface area (Å²) in [6, 6.07) is 12.7. The molecule has 0 spiro atoms. The molecule has 0 radical (unpaired) electrons. The molecule has 0 amide bonds. The summed E-state index contributed by atoms with van der Waals surface area (Å²) < 4.78 is 16.6. The Balaban J connectivity index is 1.64. The van der Waals surface area contributed by atoms with Gasteiger partial charge in [-0.1, -0.05) is 26.0 Å². The lowest BCUT2D eigenvalue weighted by Gasteiger charge is -2.35. The van der Waals surface area contributed by atoms with E-state index in [0.29, 0.717) is 12.5 Å². The molecule has 0 saturated carbocycles. The SMILES string of the molecule is COc1ccc(C(CNc2ncnc3ccc(C(C)C)cc23)N2CCOCC2)cc1OC. The molecule has 32 heavy (non-hydrogen) atoms. The Kier molecular flexibility index (Phi) is 7.07. The Hall–Kier alpha value is -2.90. The number of rotatable bonds is 8. The quantitative estimate of drug-likeness (QED) is 0.566. The van der Waals surface area contributed by atoms with E-state index in [9.17, 15) is 0 Å². The zero-order valence-corrected chi connectivity index (χ0v) is 19.3. The van der Waals surface area contributed by atoms with Crippen LogP contribution in [0.4, 0.5) is 5.82 Å². The minimum Gasteiger partial charge on any atom is -0.493 e. The normalized spacial score (nSPS) is 15.7. The first-order valence-electron chi connectivity index (χ1n) is 11.1. The van der Waals surface area contributed by atoms with E-state index in [1.165, 1.54) is 11.1 Å². The van der Waals surface area contributed by atoms with E-state index in [-0.39, 0.29) is 6.04 Å². The number of nitrogens with zero attached hydrogens (tertiary/aromatic N) is 3. The van der Waals surface area contributed by atoms with E-state index >= 15 is 0 Å². The van der Waals surface area contributed by atoms with Gasteiger partial charge in [-0.15, -0.1) is 0 Å². The Bertz CT molecular complexity index is 1050. The van der Waals surface area contributed by atoms with Crippen molar-refractivity contribution in [1.82, 2.24) is 14.9 Å². The first-order chi connectivity index (χ1) is 15.6. The van der Waals surface area contributed by atoms with Crippen LogP contribution in [0.5, 0.6) is 11.5 Å². The number of aromatic nitrogens is 2. The number of anilines is 1. The van der Waals surface area contributed by atoms with Gasteiger partial charge in [0.05, 0.1) is 39.0 Å². The summed E-state index contributed by atoms with van der Waals surface area (Å²) in [5, 5.41) is 4.66. The van der Waals surface area contributed by atoms with E-state index in [4.69, 9.17) is 14.2 Å². The molecule has 1 fully saturated rings. The highest BCUT2D eigenvalue weighted by Crippen LogP contribution is 2.33. The van der Waals surface area contributed by atoms with Gasteiger partial charge in [-0.2, -0.15) is 0 Å². The fourth-order valence-corrected chi connectivity index (χ4v) is 4.17. The van der Waals surface area contributed by atoms with Crippen LogP contribution in [0, 0.1) is 0 Å². The Morgan fingerprint density at radius 2 is 1.72 bits per heavy atom. The molecule has 1 aromatic heterocycles. The van der Waals surface area contributed by atoms with Gasteiger partial charge < -0.3 is 19.5 Å². The number of benzene rings is 2. The van der Waals surface area contributed by atoms with Crippen molar-refractivity contribution in [3.63, 3.8) is 0 Å². The summed E-state index contributed by atoms with van der Waals surface area (Å²) in [5.74, 6) is 2.77. The zero-order chi connectivity index (χ0) is 22.5. The van der Waals surface area contributed by atoms with Crippen LogP contribution in [-0.4, -0.2) is 61.9 Å². The van der Waals surface area contributed by atoms with Gasteiger partial charge in [0, 0.05) is 25.0 Å². The number of methoxy groups -OCH3 is 2. The zero-order valence-electron chi connectivity index (χ0n) is 19.3. The number of nitrogens with one attached hydrogen (secondary N) is 1. The van der Waals surface area contributed by atoms with Crippen LogP contribution in [0.25, 0.3) is 10.9 Å². The lowest BCUT2D eigenvalue weighted by molar-refractivity contribution is 0.0186. The predicted octanol–water partition coefficient (Wildman–Crippen LogP) is 4.26. The topological polar surface area (TPSA) is 68.7 Å². The van der Waals surface area contributed by atoms with Crippen LogP contribution in [0.2, 0.25) is 0 Å². The van der Waals surface area contributed by atoms with Gasteiger partial charge >= 0.3 is 0 Å². The molecule has 0 aliphatic carbocycles. The van der Waals surface area contributed by atoms with Crippen LogP contribution in [0.1, 0.15) is 36.9 Å². The number of hydrogen-bond acceptors (Lipinski definition) is 7. The van der Waals surface area contributed by atoms with Crippen molar-refractivity contribution in [2.45, 2.75) is 25.8 Å². The first-order valence-corrected chi connectivity index (χ1v) is 11.1. The lowest BCUT2D eigenvalue weighted by atomic mass is 10.0. The van der Waals surface area contributed by atoms with Gasteiger partial charge in [-0.05, 0) is 41.3 Å². The molecule has 7 nitrogen and oxygen atoms in total. The average Bonchev–Trinajstić information content (AvgIpc) is 2.84. The van der Waals surface area contributed by atoms with Gasteiger partial charge in [-0.3, -0.25) is 4.90 Å². The molecule has 4 rings (SSSR count). The monoisotopic (exact) mass is 436 g/mol. The maximum Gasteiger partial charge on any atom is 0.161 e. The third-order valence-electron chi connectivity index (χ3n) is 6.07. The maximum absolute atomic E-state index is 5.60. The molecule has 1 aliphatic rings. The minimum atomic E-state index is 0.136. The van der Waals surface area contributed by atoms with Crippen LogP contribution in [0.3, 0.4) is 0 Å². The highest BCUT2D eigenvalue weighted by Gasteiger charge is 2.24. The molecule has 0 bridgehead atoms. The van der Waals surface area contributed by atoms with Gasteiger partial charge in [0.1, 0.15) is 12.1 Å². The van der Waals surface area contributed by atoms with Gasteiger partial charge in [0.15, 0.2) is 11.5 Å². The summed E-state index contributed by atoms with van der Waals surface area (Å²) in [6.45, 7) is 8.32. The van der Waals surface area contributed by atoms with Crippen molar-refractivity contribution in [3.8, 4) is 11.5 Å². The van der Waals surface area contributed by atoms with Gasteiger partial charge in [0.25, 0.3) is 0 Å². The highest BCUT2D eigenvalue weighted by atomic mass is 16.5. The van der Waals surface area contributed by atoms with Crippen molar-refractivity contribution < 1.29 is 14.2 Å². The highest BCUT2D eigenvalue weighted by molar-refractivity contribution is 5.89. The first kappa shape index (κ1) is 22.3. The number of fused-ring (bicyclic) bond motifs is 1. The molecule has 170 valence electrons. The Labute approximate surface area is 189 Å². The summed E-state index contributed by atoms with van der Waals surface area (Å²) in [4.78, 5) is 11.5. The fraction of sp³-hybridized carbons (Fsp3) is 0.440. The smallest absolute Gasteiger partial charge is 0.161 e. The molecular weight excluding hydrogens is 404 g/mol. The molecule has 1 N–H and O–H groups in total. The number of morpholine rings is 1. The lowest BCUT2D eigenvalue weighted by Crippen LogP contribution is -2.41. The van der Waals surface area contributed by atoms with E-state index in [0.717, 1.165) is 54.5 Å². The molecule has 2 aromatic carbocycles. The molecule has 1 unspecified atom stereocenters. The molecule has 3 aromatic rings. The van der Waals surface area contributed by atoms with Crippen molar-refractivity contribution in [2.75, 3.05) is 52.4 Å². The molecular formula is C25H32N4O3. The Morgan fingerprint density at radius 1 is 0.969 bits per heavy atom. The molecule has 2 heterocycles. The van der Waals surface area contributed by atoms with Crippen LogP contribution >= 0.6 is 0 Å². The molecule has 1 atom stereocenters.